The molecule has 0 aromatic carbocycles. The quantitative estimate of drug-likeness (QED) is 0.626. The van der Waals surface area contributed by atoms with E-state index in [1.807, 2.05) is 6.92 Å². The molecule has 0 fully saturated rings. The zero-order valence-electron chi connectivity index (χ0n) is 8.81. The van der Waals surface area contributed by atoms with E-state index in [-0.39, 0.29) is 11.6 Å². The molecule has 2 heteroatoms. The second kappa shape index (κ2) is 3.74. The van der Waals surface area contributed by atoms with Gasteiger partial charge in [-0.2, -0.15) is 0 Å². The van der Waals surface area contributed by atoms with E-state index in [1.54, 1.807) is 13.8 Å². The summed E-state index contributed by atoms with van der Waals surface area (Å²) in [7, 11) is 0. The number of hydrogen-bond acceptors (Lipinski definition) is 2. The summed E-state index contributed by atoms with van der Waals surface area (Å²) in [5.41, 5.74) is 2.17. The SMILES string of the molecule is C=CC1=C(CC)C(=O)C(C)=C(C)C1=O. The molecule has 0 N–H and O–H groups in total. The van der Waals surface area contributed by atoms with Crippen LogP contribution in [-0.4, -0.2) is 11.6 Å². The molecule has 1 aliphatic carbocycles. The highest BCUT2D eigenvalue weighted by Gasteiger charge is 2.27. The predicted octanol–water partition coefficient (Wildman–Crippen LogP) is 2.37. The molecule has 0 bridgehead atoms. The fourth-order valence-corrected chi connectivity index (χ4v) is 1.60. The molecule has 0 aliphatic heterocycles. The smallest absolute Gasteiger partial charge is 0.189 e. The van der Waals surface area contributed by atoms with Gasteiger partial charge >= 0.3 is 0 Å². The van der Waals surface area contributed by atoms with Gasteiger partial charge in [0.1, 0.15) is 0 Å². The minimum Gasteiger partial charge on any atom is -0.289 e. The third kappa shape index (κ3) is 1.37. The summed E-state index contributed by atoms with van der Waals surface area (Å²) in [5, 5.41) is 0. The molecule has 0 aromatic heterocycles. The van der Waals surface area contributed by atoms with Crippen LogP contribution in [0.5, 0.6) is 0 Å². The van der Waals surface area contributed by atoms with Crippen LogP contribution in [0.15, 0.2) is 34.9 Å². The van der Waals surface area contributed by atoms with Crippen molar-refractivity contribution in [3.8, 4) is 0 Å². The van der Waals surface area contributed by atoms with Crippen molar-refractivity contribution >= 4 is 11.6 Å². The number of rotatable bonds is 2. The highest BCUT2D eigenvalue weighted by molar-refractivity contribution is 6.25. The molecule has 1 rings (SSSR count). The van der Waals surface area contributed by atoms with E-state index < -0.39 is 0 Å². The number of ketones is 2. The number of carbonyl (C=O) groups is 2. The Balaban J connectivity index is 3.38. The Bertz CT molecular complexity index is 381. The summed E-state index contributed by atoms with van der Waals surface area (Å²) in [6, 6.07) is 0. The van der Waals surface area contributed by atoms with Crippen LogP contribution in [0.25, 0.3) is 0 Å². The van der Waals surface area contributed by atoms with Gasteiger partial charge in [-0.05, 0) is 20.3 Å². The fraction of sp³-hybridized carbons (Fsp3) is 0.333. The van der Waals surface area contributed by atoms with E-state index in [9.17, 15) is 9.59 Å². The Morgan fingerprint density at radius 2 is 1.64 bits per heavy atom. The average Bonchev–Trinajstić information content (AvgIpc) is 2.20. The topological polar surface area (TPSA) is 34.1 Å². The molecule has 0 aromatic rings. The number of carbonyl (C=O) groups excluding carboxylic acids is 2. The van der Waals surface area contributed by atoms with E-state index in [4.69, 9.17) is 0 Å². The lowest BCUT2D eigenvalue weighted by Crippen LogP contribution is -2.20. The van der Waals surface area contributed by atoms with Gasteiger partial charge in [-0.25, -0.2) is 0 Å². The molecule has 2 nitrogen and oxygen atoms in total. The first-order valence-electron chi connectivity index (χ1n) is 4.67. The molecule has 0 heterocycles. The molecule has 14 heavy (non-hydrogen) atoms. The third-order valence-electron chi connectivity index (χ3n) is 2.65. The maximum Gasteiger partial charge on any atom is 0.189 e. The normalized spacial score (nSPS) is 17.9. The van der Waals surface area contributed by atoms with E-state index in [2.05, 4.69) is 6.58 Å². The second-order valence-corrected chi connectivity index (χ2v) is 3.36. The zero-order chi connectivity index (χ0) is 10.9. The molecule has 1 aliphatic rings. The van der Waals surface area contributed by atoms with E-state index in [1.165, 1.54) is 6.08 Å². The van der Waals surface area contributed by atoms with Gasteiger partial charge in [0.15, 0.2) is 11.6 Å². The van der Waals surface area contributed by atoms with Gasteiger partial charge in [-0.1, -0.05) is 19.6 Å². The van der Waals surface area contributed by atoms with Gasteiger partial charge in [0.05, 0.1) is 0 Å². The molecule has 0 amide bonds. The zero-order valence-corrected chi connectivity index (χ0v) is 8.81. The van der Waals surface area contributed by atoms with Gasteiger partial charge in [0.25, 0.3) is 0 Å². The van der Waals surface area contributed by atoms with Crippen LogP contribution in [-0.2, 0) is 9.59 Å². The fourth-order valence-electron chi connectivity index (χ4n) is 1.60. The second-order valence-electron chi connectivity index (χ2n) is 3.36. The van der Waals surface area contributed by atoms with Crippen LogP contribution in [0, 0.1) is 0 Å². The monoisotopic (exact) mass is 190 g/mol. The Morgan fingerprint density at radius 1 is 1.14 bits per heavy atom. The summed E-state index contributed by atoms with van der Waals surface area (Å²) < 4.78 is 0. The molecule has 0 atom stereocenters. The Labute approximate surface area is 84.0 Å². The van der Waals surface area contributed by atoms with Crippen LogP contribution in [0.3, 0.4) is 0 Å². The number of hydrogen-bond donors (Lipinski definition) is 0. The van der Waals surface area contributed by atoms with Crippen LogP contribution in [0.4, 0.5) is 0 Å². The first kappa shape index (κ1) is 10.6. The van der Waals surface area contributed by atoms with Crippen molar-refractivity contribution in [1.82, 2.24) is 0 Å². The summed E-state index contributed by atoms with van der Waals surface area (Å²) >= 11 is 0. The van der Waals surface area contributed by atoms with Crippen molar-refractivity contribution in [2.45, 2.75) is 27.2 Å². The minimum absolute atomic E-state index is 0.0144. The van der Waals surface area contributed by atoms with Crippen molar-refractivity contribution in [3.05, 3.63) is 34.9 Å². The van der Waals surface area contributed by atoms with Crippen LogP contribution in [0.1, 0.15) is 27.2 Å². The van der Waals surface area contributed by atoms with Crippen LogP contribution >= 0.6 is 0 Å². The van der Waals surface area contributed by atoms with Gasteiger partial charge in [-0.15, -0.1) is 0 Å². The lowest BCUT2D eigenvalue weighted by atomic mass is 9.84. The summed E-state index contributed by atoms with van der Waals surface area (Å²) in [6.07, 6.45) is 2.06. The predicted molar refractivity (Wildman–Crippen MR) is 55.9 cm³/mol. The molecule has 0 saturated heterocycles. The van der Waals surface area contributed by atoms with Crippen molar-refractivity contribution in [1.29, 1.82) is 0 Å². The first-order valence-corrected chi connectivity index (χ1v) is 4.67. The molecule has 0 radical (unpaired) electrons. The maximum atomic E-state index is 11.8. The molecule has 0 saturated carbocycles. The van der Waals surface area contributed by atoms with Crippen LogP contribution < -0.4 is 0 Å². The van der Waals surface area contributed by atoms with Crippen molar-refractivity contribution in [2.24, 2.45) is 0 Å². The summed E-state index contributed by atoms with van der Waals surface area (Å²) in [4.78, 5) is 23.5. The summed E-state index contributed by atoms with van der Waals surface area (Å²) in [6.45, 7) is 8.83. The molecule has 74 valence electrons. The highest BCUT2D eigenvalue weighted by Crippen LogP contribution is 2.26. The molecular weight excluding hydrogens is 176 g/mol. The first-order chi connectivity index (χ1) is 6.54. The van der Waals surface area contributed by atoms with Gasteiger partial charge in [-0.3, -0.25) is 9.59 Å². The maximum absolute atomic E-state index is 11.8. The largest absolute Gasteiger partial charge is 0.289 e. The summed E-state index contributed by atoms with van der Waals surface area (Å²) in [5.74, 6) is -0.0755. The highest BCUT2D eigenvalue weighted by atomic mass is 16.1. The van der Waals surface area contributed by atoms with Gasteiger partial charge < -0.3 is 0 Å². The Hall–Kier alpha value is -1.44. The molecular formula is C12H14O2. The van der Waals surface area contributed by atoms with Gasteiger partial charge in [0, 0.05) is 22.3 Å². The average molecular weight is 190 g/mol. The molecule has 0 spiro atoms. The van der Waals surface area contributed by atoms with E-state index >= 15 is 0 Å². The lowest BCUT2D eigenvalue weighted by Gasteiger charge is -2.17. The lowest BCUT2D eigenvalue weighted by molar-refractivity contribution is -0.116. The number of Topliss-reactive ketones (excluding diaryl/α,β-unsaturated/α-hetero) is 2. The minimum atomic E-state index is -0.0612. The Morgan fingerprint density at radius 3 is 2.07 bits per heavy atom. The van der Waals surface area contributed by atoms with Gasteiger partial charge in [0.2, 0.25) is 0 Å². The molecule has 0 unspecified atom stereocenters. The van der Waals surface area contributed by atoms with Crippen molar-refractivity contribution in [2.75, 3.05) is 0 Å². The Kier molecular flexibility index (Phi) is 2.84. The van der Waals surface area contributed by atoms with Crippen LogP contribution in [0.2, 0.25) is 0 Å². The number of allylic oxidation sites excluding steroid dienone is 5. The standard InChI is InChI=1S/C12H14O2/c1-5-9-10(6-2)12(14)8(4)7(3)11(9)13/h5H,1,6H2,2-4H3. The van der Waals surface area contributed by atoms with E-state index in [0.717, 1.165) is 0 Å². The van der Waals surface area contributed by atoms with E-state index in [0.29, 0.717) is 28.7 Å². The third-order valence-corrected chi connectivity index (χ3v) is 2.65. The van der Waals surface area contributed by atoms with Crippen molar-refractivity contribution < 1.29 is 9.59 Å². The van der Waals surface area contributed by atoms with Crippen molar-refractivity contribution in [3.63, 3.8) is 0 Å².